The van der Waals surface area contributed by atoms with Crippen LogP contribution in [-0.2, 0) is 17.1 Å². The highest BCUT2D eigenvalue weighted by Gasteiger charge is 2.48. The summed E-state index contributed by atoms with van der Waals surface area (Å²) < 4.78 is 93.6. The number of hydrogen-bond acceptors (Lipinski definition) is 9. The van der Waals surface area contributed by atoms with Gasteiger partial charge in [0.25, 0.3) is 0 Å². The van der Waals surface area contributed by atoms with E-state index in [2.05, 4.69) is 10.6 Å². The van der Waals surface area contributed by atoms with Gasteiger partial charge in [-0.25, -0.2) is 14.4 Å². The molecule has 5 aliphatic heterocycles. The van der Waals surface area contributed by atoms with Crippen LogP contribution in [0.25, 0.3) is 0 Å². The lowest BCUT2D eigenvalue weighted by Crippen LogP contribution is -2.59. The van der Waals surface area contributed by atoms with E-state index in [1.165, 1.54) is 21.9 Å². The van der Waals surface area contributed by atoms with Crippen LogP contribution in [0.1, 0.15) is 82.5 Å². The maximum absolute atomic E-state index is 14.7. The molecule has 89 heavy (non-hydrogen) atoms. The van der Waals surface area contributed by atoms with E-state index in [9.17, 15) is 45.5 Å². The van der Waals surface area contributed by atoms with Gasteiger partial charge >= 0.3 is 30.4 Å². The van der Waals surface area contributed by atoms with Crippen molar-refractivity contribution in [3.05, 3.63) is 198 Å². The van der Waals surface area contributed by atoms with Crippen molar-refractivity contribution in [2.45, 2.75) is 50.4 Å². The zero-order valence-corrected chi connectivity index (χ0v) is 51.0. The first kappa shape index (κ1) is 64.2. The number of piperazine rings is 3. The van der Waals surface area contributed by atoms with Gasteiger partial charge in [-0.3, -0.25) is 24.6 Å². The van der Waals surface area contributed by atoms with Crippen LogP contribution >= 0.6 is 46.4 Å². The van der Waals surface area contributed by atoms with Crippen LogP contribution in [0.15, 0.2) is 143 Å². The van der Waals surface area contributed by atoms with Crippen molar-refractivity contribution in [2.75, 3.05) is 85.2 Å². The first-order valence-corrected chi connectivity index (χ1v) is 30.2. The Kier molecular flexibility index (Phi) is 19.9. The van der Waals surface area contributed by atoms with Crippen LogP contribution in [0.5, 0.6) is 11.5 Å². The smallest absolute Gasteiger partial charge is 0.416 e. The van der Waals surface area contributed by atoms with E-state index >= 15 is 0 Å². The van der Waals surface area contributed by atoms with E-state index in [1.54, 1.807) is 106 Å². The van der Waals surface area contributed by atoms with Crippen molar-refractivity contribution in [1.29, 1.82) is 0 Å². The van der Waals surface area contributed by atoms with E-state index in [-0.39, 0.29) is 92.6 Å². The fourth-order valence-corrected chi connectivity index (χ4v) is 11.8. The molecule has 7 amide bonds. The highest BCUT2D eigenvalue weighted by molar-refractivity contribution is 6.31. The lowest BCUT2D eigenvalue weighted by atomic mass is 9.93. The summed E-state index contributed by atoms with van der Waals surface area (Å²) in [4.78, 5) is 73.5. The highest BCUT2D eigenvalue weighted by atomic mass is 35.5. The lowest BCUT2D eigenvalue weighted by molar-refractivity contribution is -0.138. The third kappa shape index (κ3) is 14.5. The third-order valence-electron chi connectivity index (χ3n) is 15.6. The predicted molar refractivity (Wildman–Crippen MR) is 327 cm³/mol. The number of benzene rings is 6. The molecular formula is C63H60Cl4F6N10O6. The van der Waals surface area contributed by atoms with Crippen molar-refractivity contribution in [3.63, 3.8) is 0 Å². The SMILES string of the molecule is CCOc1cc(C(F)(F)F)ccc1C1=NC(c2ccc(Cl)cc2)C(c2ccc(Cl)cc2)N1C(=O)N1CCN(C(=O)N2CCNC(=O)C2)CC1.CCOc1cc(C(F)(F)F)ccc1C1=NC(c2ccc(Cl)cc2)C(c2ccc(Cl)cc2)N1C(=O)N1CCNCC1. The maximum Gasteiger partial charge on any atom is 0.416 e. The molecule has 0 aromatic heterocycles. The Hall–Kier alpha value is -7.76. The lowest BCUT2D eigenvalue weighted by Gasteiger charge is -2.40. The number of hydrogen-bond donors (Lipinski definition) is 2. The summed E-state index contributed by atoms with van der Waals surface area (Å²) in [6.45, 7) is 7.30. The van der Waals surface area contributed by atoms with Gasteiger partial charge in [0.1, 0.15) is 41.8 Å². The van der Waals surface area contributed by atoms with Crippen LogP contribution in [0.4, 0.5) is 40.7 Å². The fourth-order valence-electron chi connectivity index (χ4n) is 11.3. The summed E-state index contributed by atoms with van der Waals surface area (Å²) in [6.07, 6.45) is -9.18. The quantitative estimate of drug-likeness (QED) is 0.129. The molecule has 0 saturated carbocycles. The third-order valence-corrected chi connectivity index (χ3v) is 16.6. The number of nitrogens with zero attached hydrogens (tertiary/aromatic N) is 8. The Bertz CT molecular complexity index is 3610. The number of ether oxygens (including phenoxy) is 2. The van der Waals surface area contributed by atoms with Gasteiger partial charge in [-0.05, 0) is 121 Å². The van der Waals surface area contributed by atoms with Gasteiger partial charge in [-0.1, -0.05) is 94.9 Å². The maximum atomic E-state index is 14.7. The summed E-state index contributed by atoms with van der Waals surface area (Å²) in [5.74, 6) is 0.0789. The second-order valence-corrected chi connectivity index (χ2v) is 23.0. The van der Waals surface area contributed by atoms with Gasteiger partial charge in [0.05, 0.1) is 47.6 Å². The Labute approximate surface area is 529 Å². The number of aliphatic imine (C=N–C) groups is 2. The molecule has 11 rings (SSSR count). The molecule has 16 nitrogen and oxygen atoms in total. The number of amidine groups is 2. The molecule has 6 aromatic rings. The largest absolute Gasteiger partial charge is 0.493 e. The standard InChI is InChI=1S/C34H33Cl2F3N6O4.C29H27Cl2F3N4O2/c1-2-49-27-19-23(34(37,38)39)7-12-26(27)31-41-29(21-3-8-24(35)9-4-21)30(22-5-10-25(36)11-6-22)45(31)33(48)43-17-15-42(16-18-43)32(47)44-14-13-40-28(46)20-44;1-2-40-24-17-20(29(32,33)34)7-12-23(24)27-36-25(18-3-8-21(30)9-4-18)26(19-5-10-22(31)11-6-19)38(27)28(39)37-15-13-35-14-16-37/h3-12,19,29-30H,2,13-18,20H2,1H3,(H,40,46);3-12,17,25-26,35H,2,13-16H2,1H3. The van der Waals surface area contributed by atoms with Crippen molar-refractivity contribution in [3.8, 4) is 11.5 Å². The normalized spacial score (nSPS) is 19.7. The molecule has 3 saturated heterocycles. The first-order valence-electron chi connectivity index (χ1n) is 28.7. The molecule has 3 fully saturated rings. The summed E-state index contributed by atoms with van der Waals surface area (Å²) in [5.41, 5.74) is 1.76. The first-order chi connectivity index (χ1) is 42.6. The van der Waals surface area contributed by atoms with Crippen LogP contribution < -0.4 is 20.1 Å². The summed E-state index contributed by atoms with van der Waals surface area (Å²) >= 11 is 24.8. The van der Waals surface area contributed by atoms with E-state index in [1.807, 2.05) is 24.3 Å². The zero-order valence-electron chi connectivity index (χ0n) is 48.0. The number of nitrogens with one attached hydrogen (secondary N) is 2. The Morgan fingerprint density at radius 2 is 0.831 bits per heavy atom. The molecule has 0 spiro atoms. The van der Waals surface area contributed by atoms with Gasteiger partial charge in [0.15, 0.2) is 0 Å². The Morgan fingerprint density at radius 3 is 1.19 bits per heavy atom. The molecule has 0 radical (unpaired) electrons. The second-order valence-electron chi connectivity index (χ2n) is 21.2. The van der Waals surface area contributed by atoms with E-state index in [0.717, 1.165) is 41.0 Å². The van der Waals surface area contributed by atoms with Crippen LogP contribution in [0.3, 0.4) is 0 Å². The molecule has 26 heteroatoms. The average molecular weight is 1310 g/mol. The predicted octanol–water partition coefficient (Wildman–Crippen LogP) is 13.2. The molecule has 468 valence electrons. The summed E-state index contributed by atoms with van der Waals surface area (Å²) in [5, 5.41) is 8.01. The number of alkyl halides is 6. The Balaban J connectivity index is 0.000000200. The molecule has 4 unspecified atom stereocenters. The van der Waals surface area contributed by atoms with Gasteiger partial charge in [0, 0.05) is 85.5 Å². The summed E-state index contributed by atoms with van der Waals surface area (Å²) in [6, 6.07) is 31.1. The molecule has 2 N–H and O–H groups in total. The number of amides is 7. The second kappa shape index (κ2) is 27.5. The van der Waals surface area contributed by atoms with Gasteiger partial charge in [0.2, 0.25) is 5.91 Å². The monoisotopic (exact) mass is 1310 g/mol. The van der Waals surface area contributed by atoms with Crippen molar-refractivity contribution in [1.82, 2.24) is 40.0 Å². The van der Waals surface area contributed by atoms with E-state index in [4.69, 9.17) is 65.9 Å². The zero-order chi connectivity index (χ0) is 63.3. The fraction of sp³-hybridized carbons (Fsp3) is 0.333. The molecule has 5 heterocycles. The van der Waals surface area contributed by atoms with E-state index < -0.39 is 53.7 Å². The minimum atomic E-state index is -4.62. The molecule has 5 aliphatic rings. The number of rotatable bonds is 10. The molecule has 0 aliphatic carbocycles. The average Bonchev–Trinajstić information content (AvgIpc) is 1.68. The van der Waals surface area contributed by atoms with Crippen LogP contribution in [0, 0.1) is 0 Å². The highest BCUT2D eigenvalue weighted by Crippen LogP contribution is 2.48. The van der Waals surface area contributed by atoms with Gasteiger partial charge in [-0.15, -0.1) is 0 Å². The topological polar surface area (TPSA) is 155 Å². The van der Waals surface area contributed by atoms with Gasteiger partial charge in [-0.2, -0.15) is 26.3 Å². The number of urea groups is 3. The number of halogens is 10. The van der Waals surface area contributed by atoms with Crippen LogP contribution in [0.2, 0.25) is 20.1 Å². The molecule has 4 atom stereocenters. The summed E-state index contributed by atoms with van der Waals surface area (Å²) in [7, 11) is 0. The van der Waals surface area contributed by atoms with Crippen molar-refractivity contribution in [2.24, 2.45) is 9.98 Å². The minimum absolute atomic E-state index is 0.000739. The van der Waals surface area contributed by atoms with Crippen molar-refractivity contribution >= 4 is 82.1 Å². The van der Waals surface area contributed by atoms with Crippen molar-refractivity contribution < 1.29 is 55.0 Å². The molecule has 0 bridgehead atoms. The minimum Gasteiger partial charge on any atom is -0.493 e. The van der Waals surface area contributed by atoms with Crippen LogP contribution in [-0.4, -0.2) is 150 Å². The molecular weight excluding hydrogens is 1250 g/mol. The number of carbonyl (C=O) groups excluding carboxylic acids is 4. The Morgan fingerprint density at radius 1 is 0.483 bits per heavy atom. The van der Waals surface area contributed by atoms with Gasteiger partial charge < -0.3 is 39.7 Å². The molecule has 6 aromatic carbocycles. The van der Waals surface area contributed by atoms with E-state index in [0.29, 0.717) is 70.5 Å². The number of carbonyl (C=O) groups is 4.